The van der Waals surface area contributed by atoms with Gasteiger partial charge >= 0.3 is 0 Å². The number of pyridine rings is 2. The lowest BCUT2D eigenvalue weighted by atomic mass is 10.2. The van der Waals surface area contributed by atoms with Crippen molar-refractivity contribution in [3.05, 3.63) is 53.1 Å². The lowest BCUT2D eigenvalue weighted by Gasteiger charge is -2.11. The second kappa shape index (κ2) is 6.16. The fourth-order valence-electron chi connectivity index (χ4n) is 1.98. The molecular formula is C16H12ClF2N3O2. The Kier molecular flexibility index (Phi) is 4.19. The van der Waals surface area contributed by atoms with E-state index in [1.54, 1.807) is 19.1 Å². The summed E-state index contributed by atoms with van der Waals surface area (Å²) in [5.74, 6) is -2.23. The third-order valence-corrected chi connectivity index (χ3v) is 3.65. The second-order valence-corrected chi connectivity index (χ2v) is 5.51. The molecule has 0 unspecified atom stereocenters. The molecule has 0 saturated heterocycles. The first-order chi connectivity index (χ1) is 11.4. The predicted molar refractivity (Wildman–Crippen MR) is 83.4 cm³/mol. The maximum absolute atomic E-state index is 13.2. The molecule has 0 fully saturated rings. The van der Waals surface area contributed by atoms with Crippen molar-refractivity contribution in [3.63, 3.8) is 0 Å². The zero-order chi connectivity index (χ0) is 17.3. The molecule has 0 N–H and O–H groups in total. The van der Waals surface area contributed by atoms with Gasteiger partial charge in [0.1, 0.15) is 16.5 Å². The van der Waals surface area contributed by atoms with Crippen LogP contribution in [0.15, 0.2) is 41.2 Å². The van der Waals surface area contributed by atoms with Crippen molar-refractivity contribution in [2.24, 2.45) is 0 Å². The predicted octanol–water partition coefficient (Wildman–Crippen LogP) is 5.00. The molecule has 124 valence electrons. The summed E-state index contributed by atoms with van der Waals surface area (Å²) >= 11 is 6.15. The quantitative estimate of drug-likeness (QED) is 0.662. The molecule has 3 rings (SSSR count). The van der Waals surface area contributed by atoms with Crippen LogP contribution in [0.25, 0.3) is 11.3 Å². The molecule has 0 atom stereocenters. The van der Waals surface area contributed by atoms with E-state index in [1.807, 2.05) is 0 Å². The summed E-state index contributed by atoms with van der Waals surface area (Å²) in [5.41, 5.74) is 0.690. The van der Waals surface area contributed by atoms with E-state index in [-0.39, 0.29) is 17.3 Å². The molecule has 0 radical (unpaired) electrons. The van der Waals surface area contributed by atoms with Crippen LogP contribution >= 0.6 is 11.6 Å². The minimum absolute atomic E-state index is 0.202. The molecule has 0 saturated carbocycles. The fraction of sp³-hybridized carbons (Fsp3) is 0.188. The minimum atomic E-state index is -3.01. The number of rotatable bonds is 4. The van der Waals surface area contributed by atoms with Crippen molar-refractivity contribution < 1.29 is 18.0 Å². The van der Waals surface area contributed by atoms with Crippen LogP contribution in [0.1, 0.15) is 18.3 Å². The molecule has 24 heavy (non-hydrogen) atoms. The van der Waals surface area contributed by atoms with Gasteiger partial charge in [-0.2, -0.15) is 8.78 Å². The van der Waals surface area contributed by atoms with Gasteiger partial charge in [-0.1, -0.05) is 16.8 Å². The van der Waals surface area contributed by atoms with Crippen LogP contribution in [-0.4, -0.2) is 15.1 Å². The van der Waals surface area contributed by atoms with Gasteiger partial charge in [-0.3, -0.25) is 4.98 Å². The summed E-state index contributed by atoms with van der Waals surface area (Å²) in [6.07, 6.45) is 2.73. The molecule has 0 amide bonds. The van der Waals surface area contributed by atoms with Crippen molar-refractivity contribution in [2.75, 3.05) is 0 Å². The van der Waals surface area contributed by atoms with Gasteiger partial charge in [0.05, 0.1) is 17.5 Å². The van der Waals surface area contributed by atoms with Crippen LogP contribution in [0.3, 0.4) is 0 Å². The Balaban J connectivity index is 1.93. The Morgan fingerprint density at radius 3 is 2.58 bits per heavy atom. The Morgan fingerprint density at radius 2 is 2.00 bits per heavy atom. The molecule has 0 aliphatic heterocycles. The number of alkyl halides is 2. The molecule has 0 aromatic carbocycles. The summed E-state index contributed by atoms with van der Waals surface area (Å²) in [5, 5.41) is 4.15. The molecular weight excluding hydrogens is 340 g/mol. The highest BCUT2D eigenvalue weighted by Crippen LogP contribution is 2.37. The first kappa shape index (κ1) is 16.3. The van der Waals surface area contributed by atoms with Gasteiger partial charge in [0.2, 0.25) is 5.88 Å². The van der Waals surface area contributed by atoms with Gasteiger partial charge < -0.3 is 9.26 Å². The van der Waals surface area contributed by atoms with Crippen molar-refractivity contribution in [3.8, 4) is 23.0 Å². The molecule has 0 bridgehead atoms. The van der Waals surface area contributed by atoms with E-state index in [0.29, 0.717) is 22.0 Å². The third-order valence-electron chi connectivity index (χ3n) is 3.21. The molecule has 0 aliphatic carbocycles. The first-order valence-electron chi connectivity index (χ1n) is 6.95. The van der Waals surface area contributed by atoms with E-state index in [2.05, 4.69) is 15.1 Å². The number of ether oxygens (including phenoxy) is 1. The van der Waals surface area contributed by atoms with Crippen molar-refractivity contribution in [1.29, 1.82) is 0 Å². The van der Waals surface area contributed by atoms with Crippen molar-refractivity contribution in [2.45, 2.75) is 19.8 Å². The number of aromatic nitrogens is 3. The average molecular weight is 352 g/mol. The Labute approximate surface area is 141 Å². The lowest BCUT2D eigenvalue weighted by Crippen LogP contribution is -2.09. The summed E-state index contributed by atoms with van der Waals surface area (Å²) in [7, 11) is 0. The van der Waals surface area contributed by atoms with E-state index in [0.717, 1.165) is 6.92 Å². The Morgan fingerprint density at radius 1 is 1.21 bits per heavy atom. The number of aryl methyl sites for hydroxylation is 1. The SMILES string of the molecule is Cc1noc(-c2cccnc2Oc2ccc(C(C)(F)F)nc2)c1Cl. The van der Waals surface area contributed by atoms with Crippen LogP contribution in [-0.2, 0) is 5.92 Å². The van der Waals surface area contributed by atoms with E-state index in [4.69, 9.17) is 20.9 Å². The molecule has 0 aliphatic rings. The molecule has 5 nitrogen and oxygen atoms in total. The minimum Gasteiger partial charge on any atom is -0.437 e. The smallest absolute Gasteiger partial charge is 0.286 e. The summed E-state index contributed by atoms with van der Waals surface area (Å²) in [4.78, 5) is 7.83. The van der Waals surface area contributed by atoms with Crippen LogP contribution in [0.5, 0.6) is 11.6 Å². The number of nitrogens with zero attached hydrogens (tertiary/aromatic N) is 3. The molecule has 8 heteroatoms. The molecule has 0 spiro atoms. The highest BCUT2D eigenvalue weighted by molar-refractivity contribution is 6.33. The number of halogens is 3. The third kappa shape index (κ3) is 3.21. The average Bonchev–Trinajstić information content (AvgIpc) is 2.87. The zero-order valence-electron chi connectivity index (χ0n) is 12.8. The van der Waals surface area contributed by atoms with Crippen LogP contribution < -0.4 is 4.74 Å². The van der Waals surface area contributed by atoms with E-state index in [9.17, 15) is 8.78 Å². The Bertz CT molecular complexity index is 861. The van der Waals surface area contributed by atoms with Crippen LogP contribution in [0.4, 0.5) is 8.78 Å². The number of hydrogen-bond acceptors (Lipinski definition) is 5. The first-order valence-corrected chi connectivity index (χ1v) is 7.33. The Hall–Kier alpha value is -2.54. The van der Waals surface area contributed by atoms with Gasteiger partial charge in [-0.25, -0.2) is 4.98 Å². The number of hydrogen-bond donors (Lipinski definition) is 0. The largest absolute Gasteiger partial charge is 0.437 e. The van der Waals surface area contributed by atoms with E-state index in [1.165, 1.54) is 24.5 Å². The molecule has 3 aromatic heterocycles. The molecule has 3 heterocycles. The maximum atomic E-state index is 13.2. The van der Waals surface area contributed by atoms with Crippen LogP contribution in [0.2, 0.25) is 5.02 Å². The normalized spacial score (nSPS) is 11.5. The molecule has 3 aromatic rings. The highest BCUT2D eigenvalue weighted by atomic mass is 35.5. The van der Waals surface area contributed by atoms with Gasteiger partial charge in [0.15, 0.2) is 5.76 Å². The van der Waals surface area contributed by atoms with Gasteiger partial charge in [-0.05, 0) is 31.2 Å². The summed E-state index contributed by atoms with van der Waals surface area (Å²) in [6, 6.07) is 5.99. The standard InChI is InChI=1S/C16H12ClF2N3O2/c1-9-13(17)14(24-22-9)11-4-3-7-20-15(11)23-10-5-6-12(21-8-10)16(2,18)19/h3-8H,1-2H3. The summed E-state index contributed by atoms with van der Waals surface area (Å²) in [6.45, 7) is 2.49. The zero-order valence-corrected chi connectivity index (χ0v) is 13.5. The topological polar surface area (TPSA) is 61.0 Å². The maximum Gasteiger partial charge on any atom is 0.286 e. The van der Waals surface area contributed by atoms with Gasteiger partial charge in [-0.15, -0.1) is 0 Å². The lowest BCUT2D eigenvalue weighted by molar-refractivity contribution is 0.0127. The van der Waals surface area contributed by atoms with E-state index >= 15 is 0 Å². The van der Waals surface area contributed by atoms with Gasteiger partial charge in [0, 0.05) is 13.1 Å². The fourth-order valence-corrected chi connectivity index (χ4v) is 2.15. The second-order valence-electron chi connectivity index (χ2n) is 5.14. The van der Waals surface area contributed by atoms with Crippen LogP contribution in [0, 0.1) is 6.92 Å². The highest BCUT2D eigenvalue weighted by Gasteiger charge is 2.26. The summed E-state index contributed by atoms with van der Waals surface area (Å²) < 4.78 is 37.2. The van der Waals surface area contributed by atoms with E-state index < -0.39 is 5.92 Å². The van der Waals surface area contributed by atoms with Gasteiger partial charge in [0.25, 0.3) is 5.92 Å². The van der Waals surface area contributed by atoms with Crippen molar-refractivity contribution in [1.82, 2.24) is 15.1 Å². The van der Waals surface area contributed by atoms with Crippen molar-refractivity contribution >= 4 is 11.6 Å². The monoisotopic (exact) mass is 351 g/mol.